The number of rotatable bonds is 11. The molecule has 5 heteroatoms. The van der Waals surface area contributed by atoms with Gasteiger partial charge in [-0.2, -0.15) is 0 Å². The summed E-state index contributed by atoms with van der Waals surface area (Å²) >= 11 is 0. The second kappa shape index (κ2) is 11.1. The predicted octanol–water partition coefficient (Wildman–Crippen LogP) is 5.17. The topological polar surface area (TPSA) is 67.3 Å². The lowest BCUT2D eigenvalue weighted by Gasteiger charge is -2.22. The van der Waals surface area contributed by atoms with Gasteiger partial charge >= 0.3 is 0 Å². The highest BCUT2D eigenvalue weighted by Crippen LogP contribution is 2.27. The summed E-state index contributed by atoms with van der Waals surface area (Å²) in [5.41, 5.74) is 4.34. The Bertz CT molecular complexity index is 736. The minimum atomic E-state index is 0.200. The lowest BCUT2D eigenvalue weighted by molar-refractivity contribution is 0.302. The molecule has 1 aliphatic carbocycles. The summed E-state index contributed by atoms with van der Waals surface area (Å²) in [6, 6.07) is 0. The number of aliphatic imine (C=N–C) groups is 1. The molecular weight excluding hydrogens is 358 g/mol. The zero-order chi connectivity index (χ0) is 20.5. The highest BCUT2D eigenvalue weighted by molar-refractivity contribution is 6.02. The largest absolute Gasteiger partial charge is 0.383 e. The van der Waals surface area contributed by atoms with Crippen LogP contribution in [0.4, 0.5) is 5.69 Å². The normalized spacial score (nSPS) is 19.3. The Hall–Kier alpha value is -2.14. The molecule has 0 spiro atoms. The molecule has 0 bridgehead atoms. The van der Waals surface area contributed by atoms with E-state index in [4.69, 9.17) is 5.41 Å². The van der Waals surface area contributed by atoms with Gasteiger partial charge < -0.3 is 15.2 Å². The van der Waals surface area contributed by atoms with Crippen molar-refractivity contribution in [3.05, 3.63) is 41.3 Å². The highest BCUT2D eigenvalue weighted by atomic mass is 15.1. The number of allylic oxidation sites excluding steroid dienone is 3. The lowest BCUT2D eigenvalue weighted by Crippen LogP contribution is -2.26. The van der Waals surface area contributed by atoms with Crippen molar-refractivity contribution >= 4 is 18.2 Å². The molecule has 1 aliphatic heterocycles. The van der Waals surface area contributed by atoms with E-state index in [-0.39, 0.29) is 5.84 Å². The van der Waals surface area contributed by atoms with Gasteiger partial charge in [-0.15, -0.1) is 0 Å². The van der Waals surface area contributed by atoms with Crippen molar-refractivity contribution < 1.29 is 0 Å². The number of nitrogens with one attached hydrogen (secondary N) is 3. The van der Waals surface area contributed by atoms with Crippen molar-refractivity contribution in [3.8, 4) is 0 Å². The fraction of sp³-hybridized carbons (Fsp3) is 0.583. The summed E-state index contributed by atoms with van der Waals surface area (Å²) in [5, 5.41) is 11.7. The van der Waals surface area contributed by atoms with Crippen molar-refractivity contribution in [2.45, 2.75) is 58.3 Å². The maximum absolute atomic E-state index is 8.10. The van der Waals surface area contributed by atoms with Gasteiger partial charge in [0.1, 0.15) is 5.69 Å². The maximum atomic E-state index is 8.10. The van der Waals surface area contributed by atoms with Gasteiger partial charge in [0.25, 0.3) is 0 Å². The van der Waals surface area contributed by atoms with E-state index >= 15 is 0 Å². The second-order valence-corrected chi connectivity index (χ2v) is 8.38. The fourth-order valence-corrected chi connectivity index (χ4v) is 4.33. The summed E-state index contributed by atoms with van der Waals surface area (Å²) in [7, 11) is 0. The number of nitrogens with zero attached hydrogens (tertiary/aromatic N) is 2. The third-order valence-electron chi connectivity index (χ3n) is 6.04. The van der Waals surface area contributed by atoms with Crippen LogP contribution in [0.15, 0.2) is 35.0 Å². The molecule has 1 fully saturated rings. The van der Waals surface area contributed by atoms with Gasteiger partial charge in [-0.3, -0.25) is 5.41 Å². The Morgan fingerprint density at radius 1 is 1.31 bits per heavy atom. The molecule has 3 rings (SSSR count). The molecule has 2 aliphatic rings. The van der Waals surface area contributed by atoms with E-state index in [9.17, 15) is 0 Å². The molecule has 1 atom stereocenters. The number of anilines is 1. The zero-order valence-electron chi connectivity index (χ0n) is 18.0. The summed E-state index contributed by atoms with van der Waals surface area (Å²) in [6.45, 7) is 10.4. The number of aromatic amines is 1. The Labute approximate surface area is 175 Å². The minimum Gasteiger partial charge on any atom is -0.383 e. The van der Waals surface area contributed by atoms with Crippen molar-refractivity contribution in [1.82, 2.24) is 9.88 Å². The van der Waals surface area contributed by atoms with Crippen molar-refractivity contribution in [2.24, 2.45) is 10.9 Å². The van der Waals surface area contributed by atoms with Gasteiger partial charge in [-0.1, -0.05) is 44.4 Å². The average molecular weight is 396 g/mol. The molecule has 1 unspecified atom stereocenters. The van der Waals surface area contributed by atoms with Crippen molar-refractivity contribution in [1.29, 1.82) is 5.41 Å². The Kier molecular flexibility index (Phi) is 8.29. The number of amidine groups is 1. The molecule has 0 radical (unpaired) electrons. The number of likely N-dealkylation sites (tertiary alicyclic amines) is 1. The smallest absolute Gasteiger partial charge is 0.170 e. The van der Waals surface area contributed by atoms with E-state index in [1.807, 2.05) is 6.20 Å². The number of unbranched alkanes of at least 4 members (excludes halogenated alkanes) is 3. The zero-order valence-corrected chi connectivity index (χ0v) is 18.0. The maximum Gasteiger partial charge on any atom is 0.170 e. The number of H-pyrrole nitrogens is 1. The molecule has 3 N–H and O–H groups in total. The third-order valence-corrected chi connectivity index (χ3v) is 6.04. The summed E-state index contributed by atoms with van der Waals surface area (Å²) in [4.78, 5) is 9.67. The summed E-state index contributed by atoms with van der Waals surface area (Å²) in [6.07, 6.45) is 18.7. The van der Waals surface area contributed by atoms with Crippen LogP contribution in [0.3, 0.4) is 0 Å². The van der Waals surface area contributed by atoms with Crippen LogP contribution in [0.2, 0.25) is 0 Å². The highest BCUT2D eigenvalue weighted by Gasteiger charge is 2.19. The molecule has 1 saturated heterocycles. The lowest BCUT2D eigenvalue weighted by atomic mass is 9.93. The summed E-state index contributed by atoms with van der Waals surface area (Å²) in [5.74, 6) is 0.846. The van der Waals surface area contributed by atoms with E-state index in [0.29, 0.717) is 5.92 Å². The SMILES string of the molecule is C=NC(=N)c1[nH]cc(CC2=CCC(CN3CCCC3)C=C2)c1NCCCCCC. The van der Waals surface area contributed by atoms with Gasteiger partial charge in [0, 0.05) is 25.7 Å². The van der Waals surface area contributed by atoms with Gasteiger partial charge in [-0.25, -0.2) is 4.99 Å². The quantitative estimate of drug-likeness (QED) is 0.275. The molecular formula is C24H37N5. The van der Waals surface area contributed by atoms with E-state index in [1.165, 1.54) is 62.9 Å². The van der Waals surface area contributed by atoms with Gasteiger partial charge in [0.15, 0.2) is 5.84 Å². The van der Waals surface area contributed by atoms with Crippen LogP contribution in [0.25, 0.3) is 0 Å². The van der Waals surface area contributed by atoms with Crippen molar-refractivity contribution in [3.63, 3.8) is 0 Å². The van der Waals surface area contributed by atoms with Crippen LogP contribution in [-0.2, 0) is 6.42 Å². The minimum absolute atomic E-state index is 0.200. The Balaban J connectivity index is 1.59. The standard InChI is InChI=1S/C24H37N5/c1-3-4-5-6-13-27-22-21(17-28-23(22)24(25)26-2)16-19-9-11-20(12-10-19)18-29-14-7-8-15-29/h9-11,17,20,25,27-28H,2-8,12-16,18H2,1H3. The van der Waals surface area contributed by atoms with E-state index in [1.54, 1.807) is 0 Å². The predicted molar refractivity (Wildman–Crippen MR) is 125 cm³/mol. The molecule has 5 nitrogen and oxygen atoms in total. The van der Waals surface area contributed by atoms with Gasteiger partial charge in [0.2, 0.25) is 0 Å². The molecule has 0 saturated carbocycles. The van der Waals surface area contributed by atoms with Crippen LogP contribution in [0.5, 0.6) is 0 Å². The summed E-state index contributed by atoms with van der Waals surface area (Å²) < 4.78 is 0. The van der Waals surface area contributed by atoms with Crippen LogP contribution in [-0.4, -0.2) is 48.6 Å². The first kappa shape index (κ1) is 21.6. The first-order valence-corrected chi connectivity index (χ1v) is 11.3. The molecule has 1 aromatic rings. The van der Waals surface area contributed by atoms with E-state index in [0.717, 1.165) is 37.2 Å². The number of hydrogen-bond acceptors (Lipinski definition) is 3. The van der Waals surface area contributed by atoms with E-state index in [2.05, 4.69) is 52.1 Å². The Morgan fingerprint density at radius 2 is 2.14 bits per heavy atom. The molecule has 0 amide bonds. The third kappa shape index (κ3) is 6.17. The molecule has 29 heavy (non-hydrogen) atoms. The van der Waals surface area contributed by atoms with Crippen LogP contribution in [0, 0.1) is 11.3 Å². The average Bonchev–Trinajstić information content (AvgIpc) is 3.39. The van der Waals surface area contributed by atoms with Crippen LogP contribution >= 0.6 is 0 Å². The van der Waals surface area contributed by atoms with Gasteiger partial charge in [0.05, 0.1) is 5.69 Å². The molecule has 158 valence electrons. The number of aromatic nitrogens is 1. The first-order chi connectivity index (χ1) is 14.2. The van der Waals surface area contributed by atoms with Crippen LogP contribution in [0.1, 0.15) is 63.1 Å². The molecule has 1 aromatic heterocycles. The van der Waals surface area contributed by atoms with E-state index < -0.39 is 0 Å². The molecule has 0 aromatic carbocycles. The first-order valence-electron chi connectivity index (χ1n) is 11.3. The number of hydrogen-bond donors (Lipinski definition) is 3. The van der Waals surface area contributed by atoms with Gasteiger partial charge in [-0.05, 0) is 62.5 Å². The van der Waals surface area contributed by atoms with Crippen LogP contribution < -0.4 is 5.32 Å². The molecule has 2 heterocycles. The Morgan fingerprint density at radius 3 is 2.83 bits per heavy atom. The monoisotopic (exact) mass is 395 g/mol. The van der Waals surface area contributed by atoms with Crippen molar-refractivity contribution in [2.75, 3.05) is 31.5 Å². The second-order valence-electron chi connectivity index (χ2n) is 8.38. The fourth-order valence-electron chi connectivity index (χ4n) is 4.33.